The van der Waals surface area contributed by atoms with E-state index < -0.39 is 33.7 Å². The number of hydrogen-bond donors (Lipinski definition) is 1. The highest BCUT2D eigenvalue weighted by molar-refractivity contribution is 6.02. The number of aromatic nitrogens is 4. The third-order valence-corrected chi connectivity index (χ3v) is 5.14. The first-order valence-electron chi connectivity index (χ1n) is 10.4. The highest BCUT2D eigenvalue weighted by atomic mass is 19.4. The minimum absolute atomic E-state index is 0.0972. The molecule has 0 saturated heterocycles. The van der Waals surface area contributed by atoms with Crippen LogP contribution in [0, 0.1) is 24.0 Å². The van der Waals surface area contributed by atoms with Gasteiger partial charge in [-0.3, -0.25) is 19.7 Å². The summed E-state index contributed by atoms with van der Waals surface area (Å²) in [6, 6.07) is 12.5. The van der Waals surface area contributed by atoms with Gasteiger partial charge in [0.1, 0.15) is 5.82 Å². The van der Waals surface area contributed by atoms with Crippen LogP contribution in [0.1, 0.15) is 27.4 Å². The smallest absolute Gasteiger partial charge is 0.305 e. The Hall–Kier alpha value is -4.81. The summed E-state index contributed by atoms with van der Waals surface area (Å²) in [6.45, 7) is 3.04. The van der Waals surface area contributed by atoms with Crippen LogP contribution in [0.2, 0.25) is 0 Å². The molecule has 2 aromatic carbocycles. The lowest BCUT2D eigenvalue weighted by molar-refractivity contribution is -0.384. The summed E-state index contributed by atoms with van der Waals surface area (Å²) in [5.41, 5.74) is -1.92. The molecule has 0 unspecified atom stereocenters. The molecule has 0 fully saturated rings. The van der Waals surface area contributed by atoms with E-state index in [1.54, 1.807) is 6.92 Å². The van der Waals surface area contributed by atoms with Crippen molar-refractivity contribution in [1.29, 1.82) is 0 Å². The van der Waals surface area contributed by atoms with Gasteiger partial charge in [0.25, 0.3) is 11.6 Å². The highest BCUT2D eigenvalue weighted by Gasteiger charge is 2.34. The number of rotatable bonds is 5. The molecule has 184 valence electrons. The minimum atomic E-state index is -4.69. The number of para-hydroxylation sites is 1. The Morgan fingerprint density at radius 2 is 1.67 bits per heavy atom. The number of nitrogens with zero attached hydrogens (tertiary/aromatic N) is 5. The maximum absolute atomic E-state index is 13.5. The van der Waals surface area contributed by atoms with Gasteiger partial charge < -0.3 is 5.32 Å². The molecule has 1 amide bonds. The van der Waals surface area contributed by atoms with Gasteiger partial charge in [0.05, 0.1) is 27.6 Å². The van der Waals surface area contributed by atoms with Crippen molar-refractivity contribution in [3.63, 3.8) is 0 Å². The van der Waals surface area contributed by atoms with Crippen LogP contribution >= 0.6 is 0 Å². The van der Waals surface area contributed by atoms with Crippen LogP contribution in [0.3, 0.4) is 0 Å². The Balaban J connectivity index is 1.73. The lowest BCUT2D eigenvalue weighted by Gasteiger charge is -2.16. The number of halogens is 3. The number of nitrogens with one attached hydrogen (secondary N) is 1. The van der Waals surface area contributed by atoms with Gasteiger partial charge in [-0.25, -0.2) is 9.36 Å². The largest absolute Gasteiger partial charge is 0.418 e. The second-order valence-electron chi connectivity index (χ2n) is 7.74. The van der Waals surface area contributed by atoms with E-state index in [1.807, 2.05) is 0 Å². The van der Waals surface area contributed by atoms with E-state index in [4.69, 9.17) is 0 Å². The number of nitro benzene ring substituents is 1. The van der Waals surface area contributed by atoms with Crippen molar-refractivity contribution in [2.75, 3.05) is 5.32 Å². The summed E-state index contributed by atoms with van der Waals surface area (Å²) in [6.07, 6.45) is -4.69. The summed E-state index contributed by atoms with van der Waals surface area (Å²) < 4.78 is 42.8. The summed E-state index contributed by atoms with van der Waals surface area (Å²) in [5.74, 6) is -0.850. The summed E-state index contributed by atoms with van der Waals surface area (Å²) >= 11 is 0. The predicted molar refractivity (Wildman–Crippen MR) is 122 cm³/mol. The van der Waals surface area contributed by atoms with Crippen molar-refractivity contribution in [1.82, 2.24) is 19.6 Å². The number of nitro groups is 1. The number of non-ortho nitro benzene ring substituents is 1. The molecule has 0 aliphatic carbocycles. The number of aryl methyl sites for hydroxylation is 2. The number of amides is 1. The summed E-state index contributed by atoms with van der Waals surface area (Å²) in [4.78, 5) is 35.9. The fourth-order valence-corrected chi connectivity index (χ4v) is 3.52. The van der Waals surface area contributed by atoms with E-state index in [9.17, 15) is 32.9 Å². The van der Waals surface area contributed by atoms with Crippen LogP contribution in [-0.2, 0) is 6.18 Å². The molecule has 2 heterocycles. The summed E-state index contributed by atoms with van der Waals surface area (Å²) in [5, 5.41) is 21.6. The molecule has 1 N–H and O–H groups in total. The number of hydrogen-bond acceptors (Lipinski definition) is 6. The van der Waals surface area contributed by atoms with Crippen LogP contribution in [0.5, 0.6) is 0 Å². The monoisotopic (exact) mass is 498 g/mol. The second-order valence-corrected chi connectivity index (χ2v) is 7.74. The van der Waals surface area contributed by atoms with Crippen LogP contribution in [0.4, 0.5) is 24.7 Å². The van der Waals surface area contributed by atoms with E-state index in [-0.39, 0.29) is 22.9 Å². The molecule has 0 aliphatic heterocycles. The quantitative estimate of drug-likeness (QED) is 0.325. The maximum atomic E-state index is 13.5. The number of carbonyl (C=O) groups is 1. The van der Waals surface area contributed by atoms with E-state index in [1.165, 1.54) is 60.1 Å². The van der Waals surface area contributed by atoms with E-state index in [0.717, 1.165) is 16.8 Å². The minimum Gasteiger partial charge on any atom is -0.305 e. The first-order chi connectivity index (χ1) is 17.0. The third-order valence-electron chi connectivity index (χ3n) is 5.14. The lowest BCUT2D eigenvalue weighted by Crippen LogP contribution is -2.28. The average Bonchev–Trinajstić information content (AvgIpc) is 3.18. The van der Waals surface area contributed by atoms with Gasteiger partial charge in [-0.1, -0.05) is 12.1 Å². The Bertz CT molecular complexity index is 1540. The Labute approximate surface area is 200 Å². The fourth-order valence-electron chi connectivity index (χ4n) is 3.52. The zero-order chi connectivity index (χ0) is 26.2. The van der Waals surface area contributed by atoms with Gasteiger partial charge in [0, 0.05) is 30.0 Å². The number of carbonyl (C=O) groups excluding carboxylic acids is 1. The maximum Gasteiger partial charge on any atom is 0.418 e. The average molecular weight is 498 g/mol. The van der Waals surface area contributed by atoms with Crippen LogP contribution < -0.4 is 10.7 Å². The van der Waals surface area contributed by atoms with Gasteiger partial charge in [-0.05, 0) is 38.1 Å². The Kier molecular flexibility index (Phi) is 6.14. The fraction of sp³-hybridized carbons (Fsp3) is 0.130. The number of benzene rings is 2. The standard InChI is InChI=1S/C23H17F3N6O4/c1-13-11-20(31(28-13)15-7-9-16(10-8-15)32(35)36)27-22(34)21-19(33)12-14(2)30(29-21)18-6-4-3-5-17(18)23(24,25)26/h3-12H,1-2H3,(H,27,34). The van der Waals surface area contributed by atoms with E-state index in [2.05, 4.69) is 15.5 Å². The molecule has 2 aromatic heterocycles. The molecule has 4 rings (SSSR count). The lowest BCUT2D eigenvalue weighted by atomic mass is 10.1. The molecular weight excluding hydrogens is 481 g/mol. The van der Waals surface area contributed by atoms with Gasteiger partial charge in [0.2, 0.25) is 5.43 Å². The van der Waals surface area contributed by atoms with Crippen molar-refractivity contribution in [3.8, 4) is 11.4 Å². The summed E-state index contributed by atoms with van der Waals surface area (Å²) in [7, 11) is 0. The third kappa shape index (κ3) is 4.71. The van der Waals surface area contributed by atoms with E-state index >= 15 is 0 Å². The van der Waals surface area contributed by atoms with Gasteiger partial charge in [-0.15, -0.1) is 0 Å². The number of alkyl halides is 3. The van der Waals surface area contributed by atoms with Crippen molar-refractivity contribution < 1.29 is 22.9 Å². The van der Waals surface area contributed by atoms with E-state index in [0.29, 0.717) is 11.4 Å². The molecule has 13 heteroatoms. The van der Waals surface area contributed by atoms with Gasteiger partial charge in [0.15, 0.2) is 5.69 Å². The predicted octanol–water partition coefficient (Wildman–Crippen LogP) is 4.21. The molecular formula is C23H17F3N6O4. The second kappa shape index (κ2) is 9.09. The van der Waals surface area contributed by atoms with Crippen LogP contribution in [-0.4, -0.2) is 30.4 Å². The van der Waals surface area contributed by atoms with Crippen molar-refractivity contribution in [2.24, 2.45) is 0 Å². The highest BCUT2D eigenvalue weighted by Crippen LogP contribution is 2.33. The molecule has 0 aliphatic rings. The first kappa shape index (κ1) is 24.3. The molecule has 36 heavy (non-hydrogen) atoms. The van der Waals surface area contributed by atoms with Crippen LogP contribution in [0.15, 0.2) is 65.5 Å². The topological polar surface area (TPSA) is 125 Å². The Morgan fingerprint density at radius 1 is 1.00 bits per heavy atom. The zero-order valence-electron chi connectivity index (χ0n) is 18.8. The van der Waals surface area contributed by atoms with Crippen LogP contribution in [0.25, 0.3) is 11.4 Å². The van der Waals surface area contributed by atoms with Gasteiger partial charge >= 0.3 is 6.18 Å². The molecule has 0 radical (unpaired) electrons. The molecule has 4 aromatic rings. The normalized spacial score (nSPS) is 11.4. The number of anilines is 1. The van der Waals surface area contributed by atoms with Crippen molar-refractivity contribution in [2.45, 2.75) is 20.0 Å². The molecule has 0 spiro atoms. The van der Waals surface area contributed by atoms with Crippen molar-refractivity contribution in [3.05, 3.63) is 104 Å². The van der Waals surface area contributed by atoms with Crippen molar-refractivity contribution >= 4 is 17.4 Å². The SMILES string of the molecule is Cc1cc(NC(=O)c2nn(-c3ccccc3C(F)(F)F)c(C)cc2=O)n(-c2ccc([N+](=O)[O-])cc2)n1. The first-order valence-corrected chi connectivity index (χ1v) is 10.4. The molecule has 10 nitrogen and oxygen atoms in total. The molecule has 0 bridgehead atoms. The molecule has 0 atom stereocenters. The Morgan fingerprint density at radius 3 is 2.31 bits per heavy atom. The molecule has 0 saturated carbocycles. The zero-order valence-corrected chi connectivity index (χ0v) is 18.8. The van der Waals surface area contributed by atoms with Gasteiger partial charge in [-0.2, -0.15) is 23.4 Å².